The Morgan fingerprint density at radius 3 is 2.57 bits per heavy atom. The van der Waals surface area contributed by atoms with Gasteiger partial charge in [-0.15, -0.1) is 0 Å². The Hall–Kier alpha value is -0.500. The molecule has 14 heavy (non-hydrogen) atoms. The third-order valence-electron chi connectivity index (χ3n) is 1.45. The van der Waals surface area contributed by atoms with Gasteiger partial charge < -0.3 is 5.11 Å². The van der Waals surface area contributed by atoms with Gasteiger partial charge >= 0.3 is 5.97 Å². The van der Waals surface area contributed by atoms with Crippen molar-refractivity contribution in [3.63, 3.8) is 0 Å². The van der Waals surface area contributed by atoms with Gasteiger partial charge in [-0.2, -0.15) is 0 Å². The van der Waals surface area contributed by atoms with Gasteiger partial charge in [-0.25, -0.2) is 18.6 Å². The molecule has 1 aromatic heterocycles. The van der Waals surface area contributed by atoms with E-state index in [9.17, 15) is 13.6 Å². The van der Waals surface area contributed by atoms with Gasteiger partial charge in [0.15, 0.2) is 0 Å². The number of carbonyl (C=O) groups is 1. The number of hydrogen-bond acceptors (Lipinski definition) is 2. The molecular weight excluding hydrogens is 330 g/mol. The van der Waals surface area contributed by atoms with E-state index in [0.717, 1.165) is 6.20 Å². The maximum absolute atomic E-state index is 12.5. The van der Waals surface area contributed by atoms with Crippen molar-refractivity contribution < 1.29 is 18.7 Å². The second-order valence-electron chi connectivity index (χ2n) is 2.29. The van der Waals surface area contributed by atoms with Gasteiger partial charge in [0.1, 0.15) is 3.70 Å². The van der Waals surface area contributed by atoms with Crippen molar-refractivity contribution in [2.75, 3.05) is 0 Å². The summed E-state index contributed by atoms with van der Waals surface area (Å²) in [6.07, 6.45) is -1.86. The zero-order valence-electron chi connectivity index (χ0n) is 6.47. The molecule has 0 aliphatic rings. The summed E-state index contributed by atoms with van der Waals surface area (Å²) in [7, 11) is 0. The topological polar surface area (TPSA) is 50.2 Å². The van der Waals surface area contributed by atoms with E-state index in [1.807, 2.05) is 0 Å². The molecule has 7 heteroatoms. The number of carboxylic acids is 1. The SMILES string of the molecule is O=C(O)c1c(Cl)cnc(I)c1C(F)F. The van der Waals surface area contributed by atoms with Crippen LogP contribution in [0.3, 0.4) is 0 Å². The normalized spacial score (nSPS) is 10.6. The first-order valence-corrected chi connectivity index (χ1v) is 4.76. The lowest BCUT2D eigenvalue weighted by atomic mass is 10.1. The average molecular weight is 333 g/mol. The quantitative estimate of drug-likeness (QED) is 0.669. The first-order chi connectivity index (χ1) is 6.45. The summed E-state index contributed by atoms with van der Waals surface area (Å²) in [5, 5.41) is 8.39. The number of rotatable bonds is 2. The van der Waals surface area contributed by atoms with Crippen LogP contribution in [-0.2, 0) is 0 Å². The van der Waals surface area contributed by atoms with Crippen LogP contribution in [0.25, 0.3) is 0 Å². The highest BCUT2D eigenvalue weighted by Gasteiger charge is 2.24. The Kier molecular flexibility index (Phi) is 3.59. The van der Waals surface area contributed by atoms with Crippen LogP contribution in [-0.4, -0.2) is 16.1 Å². The molecule has 0 bridgehead atoms. The van der Waals surface area contributed by atoms with Crippen LogP contribution in [0.4, 0.5) is 8.78 Å². The van der Waals surface area contributed by atoms with E-state index >= 15 is 0 Å². The Bertz CT molecular complexity index is 386. The van der Waals surface area contributed by atoms with Crippen molar-refractivity contribution in [1.82, 2.24) is 4.98 Å². The predicted octanol–water partition coefficient (Wildman–Crippen LogP) is 2.98. The number of aromatic carboxylic acids is 1. The third-order valence-corrected chi connectivity index (χ3v) is 2.60. The number of pyridine rings is 1. The lowest BCUT2D eigenvalue weighted by molar-refractivity contribution is 0.0684. The molecule has 1 heterocycles. The van der Waals surface area contributed by atoms with Gasteiger partial charge in [-0.3, -0.25) is 0 Å². The fourth-order valence-electron chi connectivity index (χ4n) is 0.896. The molecule has 0 aliphatic carbocycles. The average Bonchev–Trinajstić information content (AvgIpc) is 2.07. The first kappa shape index (κ1) is 11.6. The minimum atomic E-state index is -2.90. The van der Waals surface area contributed by atoms with Gasteiger partial charge in [0.05, 0.1) is 16.1 Å². The molecular formula is C7H3ClF2INO2. The molecule has 0 atom stereocenters. The van der Waals surface area contributed by atoms with Crippen molar-refractivity contribution in [1.29, 1.82) is 0 Å². The second-order valence-corrected chi connectivity index (χ2v) is 3.72. The summed E-state index contributed by atoms with van der Waals surface area (Å²) >= 11 is 7.00. The van der Waals surface area contributed by atoms with Crippen LogP contribution in [0.1, 0.15) is 22.3 Å². The molecule has 0 spiro atoms. The molecule has 0 fully saturated rings. The predicted molar refractivity (Wildman–Crippen MR) is 53.9 cm³/mol. The smallest absolute Gasteiger partial charge is 0.337 e. The van der Waals surface area contributed by atoms with E-state index in [1.165, 1.54) is 22.6 Å². The van der Waals surface area contributed by atoms with Crippen molar-refractivity contribution in [2.45, 2.75) is 6.43 Å². The lowest BCUT2D eigenvalue weighted by Gasteiger charge is -2.07. The Labute approximate surface area is 96.2 Å². The lowest BCUT2D eigenvalue weighted by Crippen LogP contribution is -2.07. The summed E-state index contributed by atoms with van der Waals surface area (Å²) in [5.74, 6) is -1.48. The Morgan fingerprint density at radius 2 is 2.21 bits per heavy atom. The maximum Gasteiger partial charge on any atom is 0.337 e. The van der Waals surface area contributed by atoms with E-state index in [2.05, 4.69) is 4.98 Å². The summed E-state index contributed by atoms with van der Waals surface area (Å²) in [4.78, 5) is 14.2. The zero-order chi connectivity index (χ0) is 10.9. The minimum absolute atomic E-state index is 0.0561. The van der Waals surface area contributed by atoms with Crippen LogP contribution < -0.4 is 0 Å². The fourth-order valence-corrected chi connectivity index (χ4v) is 1.77. The molecule has 0 saturated heterocycles. The number of alkyl halides is 2. The summed E-state index contributed by atoms with van der Waals surface area (Å²) in [5.41, 5.74) is -1.22. The number of halogens is 4. The van der Waals surface area contributed by atoms with E-state index in [1.54, 1.807) is 0 Å². The summed E-state index contributed by atoms with van der Waals surface area (Å²) in [6.45, 7) is 0. The van der Waals surface area contributed by atoms with Gasteiger partial charge in [-0.1, -0.05) is 11.6 Å². The molecule has 0 aliphatic heterocycles. The molecule has 3 nitrogen and oxygen atoms in total. The molecule has 1 aromatic rings. The van der Waals surface area contributed by atoms with Crippen LogP contribution in [0.15, 0.2) is 6.20 Å². The van der Waals surface area contributed by atoms with Gasteiger partial charge in [0, 0.05) is 6.20 Å². The van der Waals surface area contributed by atoms with Gasteiger partial charge in [0.2, 0.25) is 0 Å². The van der Waals surface area contributed by atoms with E-state index in [4.69, 9.17) is 16.7 Å². The van der Waals surface area contributed by atoms with Crippen LogP contribution in [0.2, 0.25) is 5.02 Å². The third kappa shape index (κ3) is 2.11. The van der Waals surface area contributed by atoms with E-state index < -0.39 is 23.5 Å². The van der Waals surface area contributed by atoms with Crippen LogP contribution >= 0.6 is 34.2 Å². The largest absolute Gasteiger partial charge is 0.478 e. The maximum atomic E-state index is 12.5. The molecule has 0 amide bonds. The van der Waals surface area contributed by atoms with Gasteiger partial charge in [0.25, 0.3) is 6.43 Å². The minimum Gasteiger partial charge on any atom is -0.478 e. The molecule has 1 N–H and O–H groups in total. The summed E-state index contributed by atoms with van der Waals surface area (Å²) < 4.78 is 24.9. The molecule has 0 saturated carbocycles. The van der Waals surface area contributed by atoms with E-state index in [-0.39, 0.29) is 8.72 Å². The standard InChI is InChI=1S/C7H3ClF2INO2/c8-2-1-12-6(11)4(5(9)10)3(2)7(13)14/h1,5H,(H,13,14). The van der Waals surface area contributed by atoms with Crippen molar-refractivity contribution >= 4 is 40.2 Å². The molecule has 0 radical (unpaired) electrons. The van der Waals surface area contributed by atoms with Gasteiger partial charge in [-0.05, 0) is 22.6 Å². The van der Waals surface area contributed by atoms with E-state index in [0.29, 0.717) is 0 Å². The first-order valence-electron chi connectivity index (χ1n) is 3.30. The highest BCUT2D eigenvalue weighted by Crippen LogP contribution is 2.30. The monoisotopic (exact) mass is 333 g/mol. The van der Waals surface area contributed by atoms with Crippen molar-refractivity contribution in [2.24, 2.45) is 0 Å². The molecule has 76 valence electrons. The highest BCUT2D eigenvalue weighted by molar-refractivity contribution is 14.1. The van der Waals surface area contributed by atoms with Crippen molar-refractivity contribution in [3.05, 3.63) is 26.0 Å². The Balaban J connectivity index is 3.50. The highest BCUT2D eigenvalue weighted by atomic mass is 127. The fraction of sp³-hybridized carbons (Fsp3) is 0.143. The molecule has 0 aromatic carbocycles. The number of carboxylic acid groups (broad SMARTS) is 1. The molecule has 0 unspecified atom stereocenters. The number of aromatic nitrogens is 1. The number of hydrogen-bond donors (Lipinski definition) is 1. The van der Waals surface area contributed by atoms with Crippen LogP contribution in [0, 0.1) is 3.70 Å². The Morgan fingerprint density at radius 1 is 1.64 bits per heavy atom. The molecule has 1 rings (SSSR count). The second kappa shape index (κ2) is 4.35. The zero-order valence-corrected chi connectivity index (χ0v) is 9.38. The number of nitrogens with zero attached hydrogens (tertiary/aromatic N) is 1. The summed E-state index contributed by atoms with van der Waals surface area (Å²) in [6, 6.07) is 0. The van der Waals surface area contributed by atoms with Crippen LogP contribution in [0.5, 0.6) is 0 Å². The van der Waals surface area contributed by atoms with Crippen molar-refractivity contribution in [3.8, 4) is 0 Å².